The Labute approximate surface area is 83.2 Å². The molecule has 1 rings (SSSR count). The first-order valence-electron chi connectivity index (χ1n) is 2.81. The summed E-state index contributed by atoms with van der Waals surface area (Å²) in [6.45, 7) is 0. The van der Waals surface area contributed by atoms with E-state index in [4.69, 9.17) is 0 Å². The molecule has 1 nitrogen and oxygen atoms in total. The van der Waals surface area contributed by atoms with E-state index < -0.39 is 17.8 Å². The van der Waals surface area contributed by atoms with E-state index in [2.05, 4.69) is 36.8 Å². The zero-order valence-corrected chi connectivity index (χ0v) is 8.66. The number of hydrogen-bond donors (Lipinski definition) is 0. The summed E-state index contributed by atoms with van der Waals surface area (Å²) < 4.78 is 37.1. The van der Waals surface area contributed by atoms with Gasteiger partial charge in [-0.1, -0.05) is 0 Å². The Morgan fingerprint density at radius 2 is 1.92 bits per heavy atom. The van der Waals surface area contributed by atoms with Crippen molar-refractivity contribution < 1.29 is 13.2 Å². The summed E-state index contributed by atoms with van der Waals surface area (Å²) in [5, 5.41) is 0. The summed E-state index contributed by atoms with van der Waals surface area (Å²) in [4.78, 5) is 3.48. The number of pyridine rings is 1. The highest BCUT2D eigenvalue weighted by molar-refractivity contribution is 9.13. The average Bonchev–Trinajstić information content (AvgIpc) is 1.97. The fourth-order valence-corrected chi connectivity index (χ4v) is 1.44. The highest BCUT2D eigenvalue weighted by Gasteiger charge is 2.19. The number of alkyl halides is 2. The van der Waals surface area contributed by atoms with Crippen LogP contribution in [0.5, 0.6) is 0 Å². The van der Waals surface area contributed by atoms with Crippen LogP contribution in [0.15, 0.2) is 15.3 Å². The summed E-state index contributed by atoms with van der Waals surface area (Å²) in [6.07, 6.45) is -2.10. The lowest BCUT2D eigenvalue weighted by atomic mass is 10.3. The standard InChI is InChI=1S/C6H2Br2F3N/c7-4-3(6(10)11)2(9)1-12-5(4)8/h1,6H. The Balaban J connectivity index is 3.33. The van der Waals surface area contributed by atoms with Crippen molar-refractivity contribution in [2.75, 3.05) is 0 Å². The fourth-order valence-electron chi connectivity index (χ4n) is 0.656. The van der Waals surface area contributed by atoms with Crippen LogP contribution >= 0.6 is 31.9 Å². The van der Waals surface area contributed by atoms with E-state index in [1.165, 1.54) is 0 Å². The molecule has 1 aromatic heterocycles. The lowest BCUT2D eigenvalue weighted by Gasteiger charge is -2.04. The molecule has 66 valence electrons. The molecule has 0 aliphatic carbocycles. The summed E-state index contributed by atoms with van der Waals surface area (Å²) >= 11 is 5.69. The summed E-state index contributed by atoms with van der Waals surface area (Å²) in [5.74, 6) is -1.01. The van der Waals surface area contributed by atoms with Crippen molar-refractivity contribution in [2.45, 2.75) is 6.43 Å². The van der Waals surface area contributed by atoms with Crippen molar-refractivity contribution in [3.63, 3.8) is 0 Å². The monoisotopic (exact) mass is 303 g/mol. The molecule has 0 saturated carbocycles. The van der Waals surface area contributed by atoms with Gasteiger partial charge in [-0.25, -0.2) is 18.2 Å². The third-order valence-electron chi connectivity index (χ3n) is 1.18. The molecule has 0 fully saturated rings. The van der Waals surface area contributed by atoms with E-state index in [-0.39, 0.29) is 9.08 Å². The predicted molar refractivity (Wildman–Crippen MR) is 44.6 cm³/mol. The SMILES string of the molecule is Fc1cnc(Br)c(Br)c1C(F)F. The molecule has 0 spiro atoms. The van der Waals surface area contributed by atoms with E-state index in [0.29, 0.717) is 0 Å². The first-order valence-corrected chi connectivity index (χ1v) is 4.40. The molecule has 0 aromatic carbocycles. The molecule has 0 radical (unpaired) electrons. The van der Waals surface area contributed by atoms with Gasteiger partial charge in [0.05, 0.1) is 16.2 Å². The maximum atomic E-state index is 12.7. The molecule has 0 aliphatic heterocycles. The Morgan fingerprint density at radius 3 is 2.33 bits per heavy atom. The molecule has 12 heavy (non-hydrogen) atoms. The van der Waals surface area contributed by atoms with Gasteiger partial charge < -0.3 is 0 Å². The van der Waals surface area contributed by atoms with Gasteiger partial charge >= 0.3 is 0 Å². The van der Waals surface area contributed by atoms with E-state index in [0.717, 1.165) is 6.20 Å². The Hall–Kier alpha value is -0.100. The lowest BCUT2D eigenvalue weighted by molar-refractivity contribution is 0.145. The second-order valence-corrected chi connectivity index (χ2v) is 3.47. The van der Waals surface area contributed by atoms with Gasteiger partial charge in [0, 0.05) is 0 Å². The lowest BCUT2D eigenvalue weighted by Crippen LogP contribution is -1.95. The zero-order valence-electron chi connectivity index (χ0n) is 5.49. The van der Waals surface area contributed by atoms with Gasteiger partial charge in [-0.15, -0.1) is 0 Å². The molecular formula is C6H2Br2F3N. The van der Waals surface area contributed by atoms with Crippen LogP contribution in [-0.2, 0) is 0 Å². The molecule has 0 saturated heterocycles. The van der Waals surface area contributed by atoms with Crippen LogP contribution in [0.2, 0.25) is 0 Å². The first kappa shape index (κ1) is 9.98. The molecule has 0 aliphatic rings. The van der Waals surface area contributed by atoms with Crippen molar-refractivity contribution in [1.82, 2.24) is 4.98 Å². The minimum atomic E-state index is -2.85. The van der Waals surface area contributed by atoms with Crippen molar-refractivity contribution in [3.8, 4) is 0 Å². The first-order chi connectivity index (χ1) is 5.54. The van der Waals surface area contributed by atoms with E-state index in [1.807, 2.05) is 0 Å². The molecule has 0 amide bonds. The van der Waals surface area contributed by atoms with Gasteiger partial charge in [0.1, 0.15) is 4.60 Å². The summed E-state index contributed by atoms with van der Waals surface area (Å²) in [6, 6.07) is 0. The van der Waals surface area contributed by atoms with Crippen molar-refractivity contribution in [3.05, 3.63) is 26.7 Å². The highest BCUT2D eigenvalue weighted by Crippen LogP contribution is 2.33. The highest BCUT2D eigenvalue weighted by atomic mass is 79.9. The third-order valence-corrected chi connectivity index (χ3v) is 3.12. The molecule has 0 atom stereocenters. The Kier molecular flexibility index (Phi) is 3.11. The second-order valence-electron chi connectivity index (χ2n) is 1.93. The van der Waals surface area contributed by atoms with Crippen LogP contribution in [0.3, 0.4) is 0 Å². The van der Waals surface area contributed by atoms with E-state index >= 15 is 0 Å². The number of halogens is 5. The minimum absolute atomic E-state index is 0.0440. The molecule has 0 N–H and O–H groups in total. The van der Waals surface area contributed by atoms with Crippen molar-refractivity contribution >= 4 is 31.9 Å². The maximum absolute atomic E-state index is 12.7. The molecule has 0 bridgehead atoms. The average molecular weight is 305 g/mol. The minimum Gasteiger partial charge on any atom is -0.245 e. The van der Waals surface area contributed by atoms with E-state index in [9.17, 15) is 13.2 Å². The van der Waals surface area contributed by atoms with Gasteiger partial charge in [0.15, 0.2) is 5.82 Å². The van der Waals surface area contributed by atoms with Gasteiger partial charge in [-0.2, -0.15) is 0 Å². The van der Waals surface area contributed by atoms with Gasteiger partial charge in [0.25, 0.3) is 6.43 Å². The second kappa shape index (κ2) is 3.74. The molecule has 6 heteroatoms. The smallest absolute Gasteiger partial charge is 0.245 e. The topological polar surface area (TPSA) is 12.9 Å². The number of rotatable bonds is 1. The summed E-state index contributed by atoms with van der Waals surface area (Å²) in [7, 11) is 0. The van der Waals surface area contributed by atoms with Crippen LogP contribution in [0.25, 0.3) is 0 Å². The van der Waals surface area contributed by atoms with Crippen molar-refractivity contribution in [2.24, 2.45) is 0 Å². The Bertz CT molecular complexity index is 303. The van der Waals surface area contributed by atoms with Gasteiger partial charge in [0.2, 0.25) is 0 Å². The number of hydrogen-bond acceptors (Lipinski definition) is 1. The fraction of sp³-hybridized carbons (Fsp3) is 0.167. The largest absolute Gasteiger partial charge is 0.267 e. The molecular weight excluding hydrogens is 303 g/mol. The predicted octanol–water partition coefficient (Wildman–Crippen LogP) is 3.68. The van der Waals surface area contributed by atoms with Crippen LogP contribution in [-0.4, -0.2) is 4.98 Å². The van der Waals surface area contributed by atoms with Crippen LogP contribution < -0.4 is 0 Å². The van der Waals surface area contributed by atoms with Crippen LogP contribution in [0.1, 0.15) is 12.0 Å². The number of nitrogens with zero attached hydrogens (tertiary/aromatic N) is 1. The van der Waals surface area contributed by atoms with Gasteiger partial charge in [-0.05, 0) is 31.9 Å². The van der Waals surface area contributed by atoms with Crippen LogP contribution in [0, 0.1) is 5.82 Å². The zero-order chi connectivity index (χ0) is 9.30. The van der Waals surface area contributed by atoms with Crippen molar-refractivity contribution in [1.29, 1.82) is 0 Å². The maximum Gasteiger partial charge on any atom is 0.267 e. The Morgan fingerprint density at radius 1 is 1.33 bits per heavy atom. The van der Waals surface area contributed by atoms with Crippen LogP contribution in [0.4, 0.5) is 13.2 Å². The number of aromatic nitrogens is 1. The normalized spacial score (nSPS) is 10.8. The molecule has 0 unspecified atom stereocenters. The molecule has 1 aromatic rings. The van der Waals surface area contributed by atoms with Gasteiger partial charge in [-0.3, -0.25) is 0 Å². The summed E-state index contributed by atoms with van der Waals surface area (Å²) in [5.41, 5.74) is -0.670. The van der Waals surface area contributed by atoms with E-state index in [1.54, 1.807) is 0 Å². The third kappa shape index (κ3) is 1.80. The molecule has 1 heterocycles. The quantitative estimate of drug-likeness (QED) is 0.721.